The maximum Gasteiger partial charge on any atom is 0.284 e. The van der Waals surface area contributed by atoms with E-state index in [2.05, 4.69) is 10.3 Å². The third kappa shape index (κ3) is 3.97. The molecular weight excluding hydrogens is 438 g/mol. The SMILES string of the molecule is COc1ccc(-c2ccc(C=Nc3ccc4c(c3)C(=O)Nc3ccccc3O4)o2)c([N+](=O)[O-])c1. The van der Waals surface area contributed by atoms with E-state index in [1.807, 2.05) is 12.1 Å². The number of amides is 1. The van der Waals surface area contributed by atoms with Crippen molar-refractivity contribution >= 4 is 29.2 Å². The molecule has 1 amide bonds. The number of benzene rings is 3. The zero-order valence-corrected chi connectivity index (χ0v) is 17.8. The number of ether oxygens (including phenoxy) is 2. The Morgan fingerprint density at radius 1 is 1.00 bits per heavy atom. The van der Waals surface area contributed by atoms with Crippen molar-refractivity contribution in [3.63, 3.8) is 0 Å². The van der Waals surface area contributed by atoms with Crippen LogP contribution < -0.4 is 14.8 Å². The van der Waals surface area contributed by atoms with Crippen molar-refractivity contribution in [2.24, 2.45) is 4.99 Å². The lowest BCUT2D eigenvalue weighted by Gasteiger charge is -2.07. The predicted octanol–water partition coefficient (Wildman–Crippen LogP) is 5.97. The summed E-state index contributed by atoms with van der Waals surface area (Å²) in [7, 11) is 1.44. The van der Waals surface area contributed by atoms with Gasteiger partial charge in [0.15, 0.2) is 5.75 Å². The highest BCUT2D eigenvalue weighted by molar-refractivity contribution is 6.08. The number of aliphatic imine (C=N–C) groups is 1. The van der Waals surface area contributed by atoms with E-state index < -0.39 is 4.92 Å². The third-order valence-corrected chi connectivity index (χ3v) is 5.20. The minimum Gasteiger partial charge on any atom is -0.497 e. The molecule has 0 spiro atoms. The van der Waals surface area contributed by atoms with Gasteiger partial charge in [-0.05, 0) is 54.6 Å². The molecule has 0 radical (unpaired) electrons. The van der Waals surface area contributed by atoms with Crippen LogP contribution in [0.3, 0.4) is 0 Å². The van der Waals surface area contributed by atoms with Gasteiger partial charge in [0, 0.05) is 0 Å². The normalized spacial score (nSPS) is 12.3. The summed E-state index contributed by atoms with van der Waals surface area (Å²) < 4.78 is 16.7. The van der Waals surface area contributed by atoms with E-state index in [0.717, 1.165) is 0 Å². The molecule has 2 heterocycles. The van der Waals surface area contributed by atoms with E-state index >= 15 is 0 Å². The van der Waals surface area contributed by atoms with Gasteiger partial charge in [-0.1, -0.05) is 12.1 Å². The van der Waals surface area contributed by atoms with Gasteiger partial charge >= 0.3 is 0 Å². The predicted molar refractivity (Wildman–Crippen MR) is 126 cm³/mol. The summed E-state index contributed by atoms with van der Waals surface area (Å²) in [6.07, 6.45) is 1.48. The number of nitrogens with one attached hydrogen (secondary N) is 1. The van der Waals surface area contributed by atoms with Crippen molar-refractivity contribution < 1.29 is 23.6 Å². The van der Waals surface area contributed by atoms with Gasteiger partial charge in [-0.2, -0.15) is 0 Å². The van der Waals surface area contributed by atoms with Crippen LogP contribution in [0.15, 0.2) is 82.2 Å². The van der Waals surface area contributed by atoms with Crippen LogP contribution in [-0.4, -0.2) is 24.2 Å². The van der Waals surface area contributed by atoms with Gasteiger partial charge in [-0.3, -0.25) is 19.9 Å². The van der Waals surface area contributed by atoms with Gasteiger partial charge in [0.25, 0.3) is 11.6 Å². The number of carbonyl (C=O) groups is 1. The van der Waals surface area contributed by atoms with E-state index in [9.17, 15) is 14.9 Å². The average molecular weight is 455 g/mol. The number of methoxy groups -OCH3 is 1. The van der Waals surface area contributed by atoms with E-state index in [4.69, 9.17) is 13.9 Å². The van der Waals surface area contributed by atoms with Crippen molar-refractivity contribution in [1.29, 1.82) is 0 Å². The number of rotatable bonds is 5. The van der Waals surface area contributed by atoms with Gasteiger partial charge in [-0.25, -0.2) is 0 Å². The van der Waals surface area contributed by atoms with Gasteiger partial charge in [0.05, 0.1) is 46.8 Å². The Hall–Kier alpha value is -4.92. The Kier molecular flexibility index (Phi) is 5.27. The molecule has 0 unspecified atom stereocenters. The molecule has 3 aromatic carbocycles. The topological polar surface area (TPSA) is 116 Å². The summed E-state index contributed by atoms with van der Waals surface area (Å²) in [4.78, 5) is 28.0. The lowest BCUT2D eigenvalue weighted by Crippen LogP contribution is -2.10. The second-order valence-corrected chi connectivity index (χ2v) is 7.33. The van der Waals surface area contributed by atoms with Crippen LogP contribution >= 0.6 is 0 Å². The van der Waals surface area contributed by atoms with Gasteiger partial charge in [0.2, 0.25) is 0 Å². The standard InChI is InChI=1S/C25H17N3O6/c1-32-16-7-9-18(21(13-16)28(30)31)22-11-8-17(33-22)14-26-15-6-10-23-19(12-15)25(29)27-20-4-2-3-5-24(20)34-23/h2-14H,1H3,(H,27,29). The van der Waals surface area contributed by atoms with Gasteiger partial charge in [-0.15, -0.1) is 0 Å². The van der Waals surface area contributed by atoms with E-state index in [0.29, 0.717) is 51.3 Å². The minimum absolute atomic E-state index is 0.130. The molecular formula is C25H17N3O6. The Morgan fingerprint density at radius 2 is 1.85 bits per heavy atom. The van der Waals surface area contributed by atoms with Crippen LogP contribution in [-0.2, 0) is 0 Å². The number of furan rings is 1. The molecule has 0 bridgehead atoms. The smallest absolute Gasteiger partial charge is 0.284 e. The van der Waals surface area contributed by atoms with Crippen LogP contribution in [0.4, 0.5) is 17.1 Å². The molecule has 0 saturated heterocycles. The Bertz CT molecular complexity index is 1460. The molecule has 9 nitrogen and oxygen atoms in total. The molecule has 9 heteroatoms. The molecule has 4 aromatic rings. The molecule has 1 aliphatic heterocycles. The highest BCUT2D eigenvalue weighted by Crippen LogP contribution is 2.37. The largest absolute Gasteiger partial charge is 0.497 e. The fourth-order valence-corrected chi connectivity index (χ4v) is 3.53. The summed E-state index contributed by atoms with van der Waals surface area (Å²) in [5.74, 6) is 1.77. The average Bonchev–Trinajstić information content (AvgIpc) is 3.27. The summed E-state index contributed by atoms with van der Waals surface area (Å²) in [5.41, 5.74) is 1.64. The highest BCUT2D eigenvalue weighted by atomic mass is 16.6. The van der Waals surface area contributed by atoms with Crippen molar-refractivity contribution in [2.75, 3.05) is 12.4 Å². The fraction of sp³-hybridized carbons (Fsp3) is 0.0400. The first-order chi connectivity index (χ1) is 16.5. The number of anilines is 1. The number of nitro groups is 1. The van der Waals surface area contributed by atoms with Crippen molar-refractivity contribution in [3.8, 4) is 28.6 Å². The Balaban J connectivity index is 1.40. The summed E-state index contributed by atoms with van der Waals surface area (Å²) in [6, 6.07) is 20.0. The Morgan fingerprint density at radius 3 is 2.68 bits per heavy atom. The van der Waals surface area contributed by atoms with E-state index in [1.54, 1.807) is 54.6 Å². The maximum absolute atomic E-state index is 12.7. The second-order valence-electron chi connectivity index (χ2n) is 7.33. The number of nitrogens with zero attached hydrogens (tertiary/aromatic N) is 2. The lowest BCUT2D eigenvalue weighted by atomic mass is 10.1. The molecule has 168 valence electrons. The maximum atomic E-state index is 12.7. The van der Waals surface area contributed by atoms with Gasteiger partial charge in [0.1, 0.15) is 23.0 Å². The summed E-state index contributed by atoms with van der Waals surface area (Å²) in [6.45, 7) is 0. The summed E-state index contributed by atoms with van der Waals surface area (Å²) in [5, 5.41) is 14.3. The molecule has 1 aliphatic rings. The van der Waals surface area contributed by atoms with Crippen molar-refractivity contribution in [2.45, 2.75) is 0 Å². The monoisotopic (exact) mass is 455 g/mol. The fourth-order valence-electron chi connectivity index (χ4n) is 3.53. The van der Waals surface area contributed by atoms with E-state index in [-0.39, 0.29) is 11.6 Å². The summed E-state index contributed by atoms with van der Waals surface area (Å²) >= 11 is 0. The minimum atomic E-state index is -0.491. The number of para-hydroxylation sites is 2. The second kappa shape index (κ2) is 8.55. The zero-order valence-electron chi connectivity index (χ0n) is 17.8. The van der Waals surface area contributed by atoms with E-state index in [1.165, 1.54) is 19.4 Å². The van der Waals surface area contributed by atoms with Crippen LogP contribution in [0.2, 0.25) is 0 Å². The third-order valence-electron chi connectivity index (χ3n) is 5.20. The number of hydrogen-bond acceptors (Lipinski definition) is 7. The quantitative estimate of drug-likeness (QED) is 0.225. The van der Waals surface area contributed by atoms with Crippen LogP contribution in [0.5, 0.6) is 17.2 Å². The molecule has 0 aliphatic carbocycles. The molecule has 0 atom stereocenters. The van der Waals surface area contributed by atoms with Crippen LogP contribution in [0.1, 0.15) is 16.1 Å². The molecule has 34 heavy (non-hydrogen) atoms. The first-order valence-corrected chi connectivity index (χ1v) is 10.2. The van der Waals surface area contributed by atoms with Crippen LogP contribution in [0, 0.1) is 10.1 Å². The Labute approximate surface area is 193 Å². The molecule has 1 aromatic heterocycles. The number of nitro benzene ring substituents is 1. The van der Waals surface area contributed by atoms with Crippen molar-refractivity contribution in [1.82, 2.24) is 0 Å². The first-order valence-electron chi connectivity index (χ1n) is 10.2. The molecule has 5 rings (SSSR count). The van der Waals surface area contributed by atoms with Gasteiger partial charge < -0.3 is 19.2 Å². The molecule has 1 N–H and O–H groups in total. The number of fused-ring (bicyclic) bond motifs is 2. The zero-order chi connectivity index (χ0) is 23.7. The lowest BCUT2D eigenvalue weighted by molar-refractivity contribution is -0.384. The highest BCUT2D eigenvalue weighted by Gasteiger charge is 2.21. The molecule has 0 saturated carbocycles. The molecule has 0 fully saturated rings. The van der Waals surface area contributed by atoms with Crippen molar-refractivity contribution in [3.05, 3.63) is 94.2 Å². The number of carbonyl (C=O) groups excluding carboxylic acids is 1. The van der Waals surface area contributed by atoms with Crippen LogP contribution in [0.25, 0.3) is 11.3 Å². The number of hydrogen-bond donors (Lipinski definition) is 1. The first kappa shape index (κ1) is 21.0.